The van der Waals surface area contributed by atoms with Crippen LogP contribution in [0.2, 0.25) is 0 Å². The molecule has 2 heterocycles. The van der Waals surface area contributed by atoms with Gasteiger partial charge >= 0.3 is 0 Å². The summed E-state index contributed by atoms with van der Waals surface area (Å²) >= 11 is 0. The molecule has 1 aromatic carbocycles. The Morgan fingerprint density at radius 3 is 2.58 bits per heavy atom. The van der Waals surface area contributed by atoms with Crippen molar-refractivity contribution in [1.29, 1.82) is 0 Å². The predicted molar refractivity (Wildman–Crippen MR) is 105 cm³/mol. The highest BCUT2D eigenvalue weighted by molar-refractivity contribution is 5.85. The summed E-state index contributed by atoms with van der Waals surface area (Å²) in [7, 11) is 0. The maximum atomic E-state index is 13.6. The van der Waals surface area contributed by atoms with Crippen LogP contribution in [-0.4, -0.2) is 43.5 Å². The lowest BCUT2D eigenvalue weighted by Gasteiger charge is -2.35. The average Bonchev–Trinajstić information content (AvgIpc) is 2.64. The molecule has 4 nitrogen and oxygen atoms in total. The summed E-state index contributed by atoms with van der Waals surface area (Å²) in [4.78, 5) is 14.9. The van der Waals surface area contributed by atoms with Gasteiger partial charge in [-0.1, -0.05) is 12.1 Å². The number of nitrogens with one attached hydrogen (secondary N) is 2. The molecule has 1 aromatic rings. The van der Waals surface area contributed by atoms with Gasteiger partial charge in [0.05, 0.1) is 0 Å². The van der Waals surface area contributed by atoms with Crippen molar-refractivity contribution < 1.29 is 9.18 Å². The number of likely N-dealkylation sites (tertiary alicyclic amines) is 1. The van der Waals surface area contributed by atoms with E-state index in [-0.39, 0.29) is 30.0 Å². The fourth-order valence-corrected chi connectivity index (χ4v) is 3.89. The number of carbonyl (C=O) groups is 1. The third-order valence-corrected chi connectivity index (χ3v) is 5.64. The largest absolute Gasteiger partial charge is 0.352 e. The van der Waals surface area contributed by atoms with E-state index < -0.39 is 0 Å². The van der Waals surface area contributed by atoms with Gasteiger partial charge in [0.25, 0.3) is 0 Å². The van der Waals surface area contributed by atoms with Crippen molar-refractivity contribution in [3.63, 3.8) is 0 Å². The maximum absolute atomic E-state index is 13.6. The fraction of sp³-hybridized carbons (Fsp3) is 0.650. The molecule has 2 aliphatic rings. The highest BCUT2D eigenvalue weighted by Gasteiger charge is 2.26. The first-order chi connectivity index (χ1) is 12.1. The van der Waals surface area contributed by atoms with Crippen molar-refractivity contribution in [2.45, 2.75) is 39.2 Å². The van der Waals surface area contributed by atoms with Crippen molar-refractivity contribution in [3.05, 3.63) is 35.1 Å². The molecule has 2 saturated heterocycles. The van der Waals surface area contributed by atoms with Crippen molar-refractivity contribution in [2.24, 2.45) is 11.8 Å². The third kappa shape index (κ3) is 5.93. The molecule has 1 amide bonds. The molecule has 0 unspecified atom stereocenters. The monoisotopic (exact) mass is 383 g/mol. The summed E-state index contributed by atoms with van der Waals surface area (Å²) in [6.07, 6.45) is 4.40. The molecular weight excluding hydrogens is 353 g/mol. The lowest BCUT2D eigenvalue weighted by Crippen LogP contribution is -2.43. The van der Waals surface area contributed by atoms with Crippen molar-refractivity contribution in [3.8, 4) is 0 Å². The Morgan fingerprint density at radius 2 is 1.92 bits per heavy atom. The molecule has 0 saturated carbocycles. The van der Waals surface area contributed by atoms with Gasteiger partial charge in [-0.2, -0.15) is 0 Å². The summed E-state index contributed by atoms with van der Waals surface area (Å²) in [6, 6.07) is 5.15. The van der Waals surface area contributed by atoms with Gasteiger partial charge < -0.3 is 15.5 Å². The normalized spacial score (nSPS) is 19.8. The molecule has 0 atom stereocenters. The fourth-order valence-electron chi connectivity index (χ4n) is 3.89. The molecule has 3 rings (SSSR count). The van der Waals surface area contributed by atoms with Gasteiger partial charge in [-0.15, -0.1) is 12.4 Å². The average molecular weight is 384 g/mol. The first-order valence-corrected chi connectivity index (χ1v) is 9.57. The van der Waals surface area contributed by atoms with Gasteiger partial charge in [0.1, 0.15) is 5.82 Å². The second kappa shape index (κ2) is 10.2. The van der Waals surface area contributed by atoms with E-state index >= 15 is 0 Å². The minimum absolute atomic E-state index is 0. The topological polar surface area (TPSA) is 44.4 Å². The number of amides is 1. The Kier molecular flexibility index (Phi) is 8.32. The number of halogens is 2. The molecule has 2 aliphatic heterocycles. The Hall–Kier alpha value is -1.17. The van der Waals surface area contributed by atoms with Gasteiger partial charge in [0.2, 0.25) is 5.91 Å². The summed E-state index contributed by atoms with van der Waals surface area (Å²) < 4.78 is 13.6. The molecule has 0 radical (unpaired) electrons. The second-order valence-corrected chi connectivity index (χ2v) is 7.57. The Bertz CT molecular complexity index is 584. The summed E-state index contributed by atoms with van der Waals surface area (Å²) in [5.41, 5.74) is 1.45. The van der Waals surface area contributed by atoms with Gasteiger partial charge in [0, 0.05) is 19.0 Å². The number of rotatable bonds is 5. The van der Waals surface area contributed by atoms with Crippen LogP contribution in [0.1, 0.15) is 36.8 Å². The number of carbonyl (C=O) groups excluding carboxylic acids is 1. The minimum atomic E-state index is -0.210. The first-order valence-electron chi connectivity index (χ1n) is 9.57. The Morgan fingerprint density at radius 1 is 1.23 bits per heavy atom. The van der Waals surface area contributed by atoms with Crippen molar-refractivity contribution in [1.82, 2.24) is 15.5 Å². The number of hydrogen-bond donors (Lipinski definition) is 2. The summed E-state index contributed by atoms with van der Waals surface area (Å²) in [6.45, 7) is 7.65. The van der Waals surface area contributed by atoms with Crippen molar-refractivity contribution in [2.75, 3.05) is 32.7 Å². The van der Waals surface area contributed by atoms with Crippen LogP contribution >= 0.6 is 12.4 Å². The van der Waals surface area contributed by atoms with E-state index in [1.807, 2.05) is 6.07 Å². The number of aryl methyl sites for hydroxylation is 1. The molecule has 2 N–H and O–H groups in total. The standard InChI is InChI=1S/C20H30FN3O.ClH/c1-15-2-3-17(12-19(15)21)13-23-20(25)18-6-10-24(11-7-18)14-16-4-8-22-9-5-16;/h2-3,12,16,18,22H,4-11,13-14H2,1H3,(H,23,25);1H. The number of nitrogens with zero attached hydrogens (tertiary/aromatic N) is 1. The van der Waals surface area contributed by atoms with Crippen molar-refractivity contribution >= 4 is 18.3 Å². The van der Waals surface area contributed by atoms with E-state index in [9.17, 15) is 9.18 Å². The van der Waals surface area contributed by atoms with Crippen LogP contribution in [0, 0.1) is 24.6 Å². The van der Waals surface area contributed by atoms with Gasteiger partial charge in [-0.25, -0.2) is 4.39 Å². The lowest BCUT2D eigenvalue weighted by atomic mass is 9.93. The predicted octanol–water partition coefficient (Wildman–Crippen LogP) is 2.88. The van der Waals surface area contributed by atoms with Crippen LogP contribution in [0.15, 0.2) is 18.2 Å². The van der Waals surface area contributed by atoms with Crippen LogP contribution in [-0.2, 0) is 11.3 Å². The molecule has 146 valence electrons. The van der Waals surface area contributed by atoms with E-state index in [0.717, 1.165) is 50.5 Å². The quantitative estimate of drug-likeness (QED) is 0.821. The number of piperidine rings is 2. The molecule has 26 heavy (non-hydrogen) atoms. The molecule has 0 aromatic heterocycles. The van der Waals surface area contributed by atoms with Gasteiger partial charge in [-0.05, 0) is 81.9 Å². The van der Waals surface area contributed by atoms with Crippen LogP contribution < -0.4 is 10.6 Å². The van der Waals surface area contributed by atoms with E-state index in [2.05, 4.69) is 15.5 Å². The van der Waals surface area contributed by atoms with E-state index in [4.69, 9.17) is 0 Å². The highest BCUT2D eigenvalue weighted by Crippen LogP contribution is 2.21. The van der Waals surface area contributed by atoms with E-state index in [1.54, 1.807) is 13.0 Å². The van der Waals surface area contributed by atoms with Crippen LogP contribution in [0.25, 0.3) is 0 Å². The maximum Gasteiger partial charge on any atom is 0.223 e. The highest BCUT2D eigenvalue weighted by atomic mass is 35.5. The second-order valence-electron chi connectivity index (χ2n) is 7.57. The third-order valence-electron chi connectivity index (χ3n) is 5.64. The molecule has 2 fully saturated rings. The zero-order valence-corrected chi connectivity index (χ0v) is 16.4. The zero-order valence-electron chi connectivity index (χ0n) is 15.6. The van der Waals surface area contributed by atoms with E-state index in [0.29, 0.717) is 12.1 Å². The molecular formula is C20H31ClFN3O. The molecule has 0 spiro atoms. The lowest BCUT2D eigenvalue weighted by molar-refractivity contribution is -0.126. The van der Waals surface area contributed by atoms with Gasteiger partial charge in [-0.3, -0.25) is 4.79 Å². The van der Waals surface area contributed by atoms with Crippen LogP contribution in [0.5, 0.6) is 0 Å². The molecule has 6 heteroatoms. The van der Waals surface area contributed by atoms with Gasteiger partial charge in [0.15, 0.2) is 0 Å². The summed E-state index contributed by atoms with van der Waals surface area (Å²) in [5.74, 6) is 0.808. The minimum Gasteiger partial charge on any atom is -0.352 e. The molecule has 0 aliphatic carbocycles. The Balaban J connectivity index is 0.00000243. The Labute approximate surface area is 162 Å². The first kappa shape index (κ1) is 21.1. The van der Waals surface area contributed by atoms with Crippen LogP contribution in [0.3, 0.4) is 0 Å². The zero-order chi connectivity index (χ0) is 17.6. The smallest absolute Gasteiger partial charge is 0.223 e. The number of hydrogen-bond acceptors (Lipinski definition) is 3. The van der Waals surface area contributed by atoms with E-state index in [1.165, 1.54) is 25.5 Å². The SMILES string of the molecule is Cc1ccc(CNC(=O)C2CCN(CC3CCNCC3)CC2)cc1F.Cl. The molecule has 0 bridgehead atoms. The summed E-state index contributed by atoms with van der Waals surface area (Å²) in [5, 5.41) is 6.39. The van der Waals surface area contributed by atoms with Crippen LogP contribution in [0.4, 0.5) is 4.39 Å². The number of benzene rings is 1.